The molecule has 2 N–H and O–H groups in total. The molecule has 1 atom stereocenters. The van der Waals surface area contributed by atoms with Gasteiger partial charge in [0.05, 0.1) is 0 Å². The molecule has 1 unspecified atom stereocenters. The fraction of sp³-hybridized carbons (Fsp3) is 0.929. The fourth-order valence-electron chi connectivity index (χ4n) is 2.51. The first kappa shape index (κ1) is 14.5. The van der Waals surface area contributed by atoms with Gasteiger partial charge in [0.2, 0.25) is 5.91 Å². The van der Waals surface area contributed by atoms with Crippen LogP contribution in [0.2, 0.25) is 0 Å². The minimum atomic E-state index is 0.196. The molecule has 17 heavy (non-hydrogen) atoms. The maximum Gasteiger partial charge on any atom is 0.220 e. The van der Waals surface area contributed by atoms with Crippen LogP contribution >= 0.6 is 0 Å². The molecule has 0 aromatic rings. The fourth-order valence-corrected chi connectivity index (χ4v) is 2.51. The third-order valence-corrected chi connectivity index (χ3v) is 3.72. The number of nitrogens with one attached hydrogen (secondary N) is 1. The molecular formula is C14H27NO2. The number of aliphatic hydroxyl groups excluding tert-OH is 1. The van der Waals surface area contributed by atoms with Crippen LogP contribution < -0.4 is 5.32 Å². The predicted molar refractivity (Wildman–Crippen MR) is 69.7 cm³/mol. The zero-order valence-electron chi connectivity index (χ0n) is 11.1. The lowest BCUT2D eigenvalue weighted by molar-refractivity contribution is -0.122. The van der Waals surface area contributed by atoms with Crippen molar-refractivity contribution >= 4 is 5.91 Å². The van der Waals surface area contributed by atoms with Crippen LogP contribution in [0, 0.1) is 11.8 Å². The highest BCUT2D eigenvalue weighted by molar-refractivity contribution is 5.76. The van der Waals surface area contributed by atoms with Gasteiger partial charge in [-0.3, -0.25) is 4.79 Å². The Bertz CT molecular complexity index is 210. The first-order valence-corrected chi connectivity index (χ1v) is 7.10. The van der Waals surface area contributed by atoms with Crippen molar-refractivity contribution < 1.29 is 9.90 Å². The minimum absolute atomic E-state index is 0.196. The van der Waals surface area contributed by atoms with Gasteiger partial charge in [0.25, 0.3) is 0 Å². The molecule has 0 spiro atoms. The van der Waals surface area contributed by atoms with Crippen LogP contribution in [0.4, 0.5) is 0 Å². The van der Waals surface area contributed by atoms with Gasteiger partial charge in [0.15, 0.2) is 0 Å². The standard InChI is InChI=1S/C14H27NO2/c1-12(8-9-16)11-15-14(17)10-13-6-4-2-3-5-7-13/h12-13,16H,2-11H2,1H3,(H,15,17). The van der Waals surface area contributed by atoms with Crippen molar-refractivity contribution in [3.8, 4) is 0 Å². The van der Waals surface area contributed by atoms with Gasteiger partial charge in [-0.2, -0.15) is 0 Å². The Hall–Kier alpha value is -0.570. The van der Waals surface area contributed by atoms with Crippen molar-refractivity contribution in [3.63, 3.8) is 0 Å². The zero-order chi connectivity index (χ0) is 12.5. The highest BCUT2D eigenvalue weighted by Crippen LogP contribution is 2.25. The monoisotopic (exact) mass is 241 g/mol. The van der Waals surface area contributed by atoms with Gasteiger partial charge in [-0.1, -0.05) is 32.6 Å². The van der Waals surface area contributed by atoms with Gasteiger partial charge >= 0.3 is 0 Å². The van der Waals surface area contributed by atoms with Gasteiger partial charge in [-0.25, -0.2) is 0 Å². The van der Waals surface area contributed by atoms with E-state index < -0.39 is 0 Å². The second-order valence-electron chi connectivity index (χ2n) is 5.48. The summed E-state index contributed by atoms with van der Waals surface area (Å²) in [6.45, 7) is 2.97. The average Bonchev–Trinajstić information content (AvgIpc) is 2.55. The maximum atomic E-state index is 11.8. The van der Waals surface area contributed by atoms with Crippen molar-refractivity contribution in [2.24, 2.45) is 11.8 Å². The maximum absolute atomic E-state index is 11.8. The molecule has 1 aliphatic carbocycles. The number of hydrogen-bond donors (Lipinski definition) is 2. The Morgan fingerprint density at radius 3 is 2.53 bits per heavy atom. The summed E-state index contributed by atoms with van der Waals surface area (Å²) in [5.74, 6) is 1.17. The Morgan fingerprint density at radius 2 is 1.94 bits per heavy atom. The van der Waals surface area contributed by atoms with Crippen LogP contribution in [-0.2, 0) is 4.79 Å². The number of amides is 1. The van der Waals surface area contributed by atoms with Crippen LogP contribution in [-0.4, -0.2) is 24.2 Å². The second kappa shape index (κ2) is 8.51. The van der Waals surface area contributed by atoms with Crippen LogP contribution in [0.3, 0.4) is 0 Å². The topological polar surface area (TPSA) is 49.3 Å². The molecule has 1 aliphatic rings. The second-order valence-corrected chi connectivity index (χ2v) is 5.48. The summed E-state index contributed by atoms with van der Waals surface area (Å²) in [5, 5.41) is 11.8. The van der Waals surface area contributed by atoms with E-state index in [2.05, 4.69) is 12.2 Å². The number of hydrogen-bond acceptors (Lipinski definition) is 2. The molecule has 100 valence electrons. The summed E-state index contributed by atoms with van der Waals surface area (Å²) in [4.78, 5) is 11.8. The van der Waals surface area contributed by atoms with Crippen LogP contribution in [0.25, 0.3) is 0 Å². The van der Waals surface area contributed by atoms with Crippen molar-refractivity contribution in [2.75, 3.05) is 13.2 Å². The van der Waals surface area contributed by atoms with E-state index in [1.807, 2.05) is 0 Å². The van der Waals surface area contributed by atoms with Gasteiger partial charge in [-0.15, -0.1) is 0 Å². The normalized spacial score (nSPS) is 19.6. The van der Waals surface area contributed by atoms with E-state index in [0.717, 1.165) is 6.42 Å². The van der Waals surface area contributed by atoms with E-state index in [1.165, 1.54) is 38.5 Å². The molecule has 1 rings (SSSR count). The highest BCUT2D eigenvalue weighted by Gasteiger charge is 2.16. The predicted octanol–water partition coefficient (Wildman–Crippen LogP) is 2.48. The molecule has 0 saturated heterocycles. The van der Waals surface area contributed by atoms with Crippen molar-refractivity contribution in [2.45, 2.75) is 58.3 Å². The molecule has 0 heterocycles. The van der Waals surface area contributed by atoms with Crippen molar-refractivity contribution in [3.05, 3.63) is 0 Å². The SMILES string of the molecule is CC(CCO)CNC(=O)CC1CCCCCC1. The molecule has 1 saturated carbocycles. The number of rotatable bonds is 6. The lowest BCUT2D eigenvalue weighted by atomic mass is 9.96. The molecule has 0 bridgehead atoms. The summed E-state index contributed by atoms with van der Waals surface area (Å²) in [6.07, 6.45) is 9.17. The first-order chi connectivity index (χ1) is 8.22. The molecule has 1 amide bonds. The molecule has 1 fully saturated rings. The molecule has 0 aromatic carbocycles. The molecule has 0 radical (unpaired) electrons. The van der Waals surface area contributed by atoms with Gasteiger partial charge in [0.1, 0.15) is 0 Å². The summed E-state index contributed by atoms with van der Waals surface area (Å²) in [5.41, 5.74) is 0. The zero-order valence-corrected chi connectivity index (χ0v) is 11.1. The van der Waals surface area contributed by atoms with Gasteiger partial charge in [-0.05, 0) is 31.1 Å². The van der Waals surface area contributed by atoms with Gasteiger partial charge in [0, 0.05) is 19.6 Å². The highest BCUT2D eigenvalue weighted by atomic mass is 16.3. The van der Waals surface area contributed by atoms with Crippen molar-refractivity contribution in [1.82, 2.24) is 5.32 Å². The van der Waals surface area contributed by atoms with E-state index in [0.29, 0.717) is 24.8 Å². The van der Waals surface area contributed by atoms with E-state index in [1.54, 1.807) is 0 Å². The van der Waals surface area contributed by atoms with E-state index in [9.17, 15) is 4.79 Å². The number of aliphatic hydroxyl groups is 1. The molecular weight excluding hydrogens is 214 g/mol. The Balaban J connectivity index is 2.14. The Morgan fingerprint density at radius 1 is 1.29 bits per heavy atom. The molecule has 3 heteroatoms. The largest absolute Gasteiger partial charge is 0.396 e. The quantitative estimate of drug-likeness (QED) is 0.702. The first-order valence-electron chi connectivity index (χ1n) is 7.10. The summed E-state index contributed by atoms with van der Waals surface area (Å²) < 4.78 is 0. The molecule has 3 nitrogen and oxygen atoms in total. The third-order valence-electron chi connectivity index (χ3n) is 3.72. The Kier molecular flexibility index (Phi) is 7.25. The number of carbonyl (C=O) groups is 1. The van der Waals surface area contributed by atoms with Crippen LogP contribution in [0.15, 0.2) is 0 Å². The molecule has 0 aromatic heterocycles. The van der Waals surface area contributed by atoms with Crippen molar-refractivity contribution in [1.29, 1.82) is 0 Å². The lowest BCUT2D eigenvalue weighted by Gasteiger charge is -2.15. The number of carbonyl (C=O) groups excluding carboxylic acids is 1. The van der Waals surface area contributed by atoms with E-state index in [-0.39, 0.29) is 12.5 Å². The third kappa shape index (κ3) is 6.67. The summed E-state index contributed by atoms with van der Waals surface area (Å²) in [6, 6.07) is 0. The van der Waals surface area contributed by atoms with E-state index in [4.69, 9.17) is 5.11 Å². The average molecular weight is 241 g/mol. The smallest absolute Gasteiger partial charge is 0.220 e. The Labute approximate surface area is 105 Å². The summed E-state index contributed by atoms with van der Waals surface area (Å²) in [7, 11) is 0. The minimum Gasteiger partial charge on any atom is -0.396 e. The van der Waals surface area contributed by atoms with Crippen LogP contribution in [0.1, 0.15) is 58.3 Å². The molecule has 0 aliphatic heterocycles. The van der Waals surface area contributed by atoms with Gasteiger partial charge < -0.3 is 10.4 Å². The summed E-state index contributed by atoms with van der Waals surface area (Å²) >= 11 is 0. The van der Waals surface area contributed by atoms with Crippen LogP contribution in [0.5, 0.6) is 0 Å². The lowest BCUT2D eigenvalue weighted by Crippen LogP contribution is -2.30. The van der Waals surface area contributed by atoms with E-state index >= 15 is 0 Å².